The highest BCUT2D eigenvalue weighted by atomic mass is 16.4. The molecule has 4 nitrogen and oxygen atoms in total. The maximum atomic E-state index is 12.5. The summed E-state index contributed by atoms with van der Waals surface area (Å²) in [6.45, 7) is 8.96. The first kappa shape index (κ1) is 16.2. The van der Waals surface area contributed by atoms with Crippen LogP contribution < -0.4 is 5.32 Å². The summed E-state index contributed by atoms with van der Waals surface area (Å²) < 4.78 is 0. The predicted molar refractivity (Wildman–Crippen MR) is 78.5 cm³/mol. The number of benzene rings is 1. The first-order valence-corrected chi connectivity index (χ1v) is 6.66. The highest BCUT2D eigenvalue weighted by Crippen LogP contribution is 2.25. The monoisotopic (exact) mass is 277 g/mol. The normalized spacial score (nSPS) is 13.7. The highest BCUT2D eigenvalue weighted by molar-refractivity contribution is 5.91. The van der Waals surface area contributed by atoms with Crippen LogP contribution in [0.4, 0.5) is 0 Å². The lowest BCUT2D eigenvalue weighted by Crippen LogP contribution is -2.53. The van der Waals surface area contributed by atoms with Gasteiger partial charge < -0.3 is 10.4 Å². The van der Waals surface area contributed by atoms with Crippen molar-refractivity contribution in [2.24, 2.45) is 5.41 Å². The summed E-state index contributed by atoms with van der Waals surface area (Å²) in [5.74, 6) is -1.30. The van der Waals surface area contributed by atoms with Crippen LogP contribution >= 0.6 is 0 Å². The van der Waals surface area contributed by atoms with Crippen molar-refractivity contribution in [2.75, 3.05) is 0 Å². The van der Waals surface area contributed by atoms with Crippen LogP contribution in [0.3, 0.4) is 0 Å². The molecule has 0 aliphatic carbocycles. The molecule has 1 amide bonds. The van der Waals surface area contributed by atoms with Gasteiger partial charge in [0.15, 0.2) is 0 Å². The molecule has 1 rings (SSSR count). The predicted octanol–water partition coefficient (Wildman–Crippen LogP) is 2.58. The van der Waals surface area contributed by atoms with Crippen LogP contribution in [0.25, 0.3) is 0 Å². The van der Waals surface area contributed by atoms with Gasteiger partial charge in [0.05, 0.1) is 5.41 Å². The van der Waals surface area contributed by atoms with Crippen molar-refractivity contribution in [1.29, 1.82) is 0 Å². The van der Waals surface area contributed by atoms with Crippen LogP contribution in [0.5, 0.6) is 0 Å². The lowest BCUT2D eigenvalue weighted by molar-refractivity contribution is -0.145. The molecule has 0 aliphatic rings. The van der Waals surface area contributed by atoms with Crippen LogP contribution in [0.2, 0.25) is 0 Å². The van der Waals surface area contributed by atoms with Gasteiger partial charge in [-0.05, 0) is 24.8 Å². The van der Waals surface area contributed by atoms with Gasteiger partial charge >= 0.3 is 5.97 Å². The fraction of sp³-hybridized carbons (Fsp3) is 0.500. The molecule has 1 aromatic carbocycles. The van der Waals surface area contributed by atoms with E-state index in [4.69, 9.17) is 0 Å². The zero-order chi connectivity index (χ0) is 15.6. The number of carbonyl (C=O) groups excluding carboxylic acids is 1. The van der Waals surface area contributed by atoms with Gasteiger partial charge in [-0.1, -0.05) is 51.1 Å². The molecule has 1 aromatic rings. The van der Waals surface area contributed by atoms with Crippen molar-refractivity contribution in [3.8, 4) is 0 Å². The van der Waals surface area contributed by atoms with Gasteiger partial charge in [0.2, 0.25) is 5.91 Å². The van der Waals surface area contributed by atoms with E-state index in [-0.39, 0.29) is 5.91 Å². The lowest BCUT2D eigenvalue weighted by atomic mass is 9.81. The van der Waals surface area contributed by atoms with Crippen molar-refractivity contribution in [3.05, 3.63) is 35.9 Å². The molecule has 0 aromatic heterocycles. The molecule has 1 atom stereocenters. The smallest absolute Gasteiger partial charge is 0.326 e. The Kier molecular flexibility index (Phi) is 4.58. The van der Waals surface area contributed by atoms with Gasteiger partial charge in [-0.25, -0.2) is 4.79 Å². The molecule has 0 bridgehead atoms. The molecule has 2 N–H and O–H groups in total. The van der Waals surface area contributed by atoms with Crippen molar-refractivity contribution in [2.45, 2.75) is 46.1 Å². The van der Waals surface area contributed by atoms with E-state index in [1.165, 1.54) is 0 Å². The SMILES string of the molecule is CC(C)(C(=O)NC(C(=O)O)C(C)(C)C)c1ccccc1. The molecule has 0 heterocycles. The number of aliphatic carboxylic acids is 1. The average Bonchev–Trinajstić information content (AvgIpc) is 2.34. The number of rotatable bonds is 4. The van der Waals surface area contributed by atoms with Gasteiger partial charge in [-0.2, -0.15) is 0 Å². The summed E-state index contributed by atoms with van der Waals surface area (Å²) in [4.78, 5) is 23.8. The number of amides is 1. The number of nitrogens with one attached hydrogen (secondary N) is 1. The third-order valence-corrected chi connectivity index (χ3v) is 3.45. The molecule has 0 saturated heterocycles. The Bertz CT molecular complexity index is 486. The fourth-order valence-electron chi connectivity index (χ4n) is 1.95. The number of carbonyl (C=O) groups is 2. The Balaban J connectivity index is 2.98. The van der Waals surface area contributed by atoms with Crippen molar-refractivity contribution in [1.82, 2.24) is 5.32 Å². The topological polar surface area (TPSA) is 66.4 Å². The second-order valence-electron chi connectivity index (χ2n) is 6.60. The zero-order valence-electron chi connectivity index (χ0n) is 12.7. The highest BCUT2D eigenvalue weighted by Gasteiger charge is 2.37. The van der Waals surface area contributed by atoms with E-state index in [9.17, 15) is 14.7 Å². The molecule has 0 radical (unpaired) electrons. The number of carboxylic acid groups (broad SMARTS) is 1. The Morgan fingerprint density at radius 1 is 1.05 bits per heavy atom. The summed E-state index contributed by atoms with van der Waals surface area (Å²) in [5.41, 5.74) is -0.468. The van der Waals surface area contributed by atoms with Crippen LogP contribution in [0, 0.1) is 5.41 Å². The average molecular weight is 277 g/mol. The van der Waals surface area contributed by atoms with E-state index in [1.54, 1.807) is 34.6 Å². The van der Waals surface area contributed by atoms with Gasteiger partial charge in [0.1, 0.15) is 6.04 Å². The van der Waals surface area contributed by atoms with Crippen LogP contribution in [0.15, 0.2) is 30.3 Å². The van der Waals surface area contributed by atoms with Crippen molar-refractivity contribution in [3.63, 3.8) is 0 Å². The Labute approximate surface area is 120 Å². The zero-order valence-corrected chi connectivity index (χ0v) is 12.7. The second-order valence-corrected chi connectivity index (χ2v) is 6.60. The standard InChI is InChI=1S/C16H23NO3/c1-15(2,3)12(13(18)19)17-14(20)16(4,5)11-9-7-6-8-10-11/h6-10,12H,1-5H3,(H,17,20)(H,18,19). The third kappa shape index (κ3) is 3.59. The van der Waals surface area contributed by atoms with E-state index in [2.05, 4.69) is 5.32 Å². The van der Waals surface area contributed by atoms with Gasteiger partial charge in [-0.15, -0.1) is 0 Å². The number of hydrogen-bond donors (Lipinski definition) is 2. The van der Waals surface area contributed by atoms with E-state index >= 15 is 0 Å². The largest absolute Gasteiger partial charge is 0.480 e. The van der Waals surface area contributed by atoms with Crippen molar-refractivity contribution >= 4 is 11.9 Å². The summed E-state index contributed by atoms with van der Waals surface area (Å²) >= 11 is 0. The van der Waals surface area contributed by atoms with Crippen LogP contribution in [-0.2, 0) is 15.0 Å². The van der Waals surface area contributed by atoms with E-state index in [0.717, 1.165) is 5.56 Å². The molecule has 0 aliphatic heterocycles. The molecule has 1 unspecified atom stereocenters. The summed E-state index contributed by atoms with van der Waals surface area (Å²) in [7, 11) is 0. The molecule has 110 valence electrons. The van der Waals surface area contributed by atoms with Gasteiger partial charge in [0.25, 0.3) is 0 Å². The van der Waals surface area contributed by atoms with Crippen LogP contribution in [0.1, 0.15) is 40.2 Å². The van der Waals surface area contributed by atoms with Crippen molar-refractivity contribution < 1.29 is 14.7 Å². The first-order valence-electron chi connectivity index (χ1n) is 6.66. The minimum absolute atomic E-state index is 0.286. The number of carboxylic acids is 1. The second kappa shape index (κ2) is 5.65. The molecular formula is C16H23NO3. The van der Waals surface area contributed by atoms with E-state index < -0.39 is 22.8 Å². The Hall–Kier alpha value is -1.84. The fourth-order valence-corrected chi connectivity index (χ4v) is 1.95. The summed E-state index contributed by atoms with van der Waals surface area (Å²) in [6, 6.07) is 8.43. The van der Waals surface area contributed by atoms with Gasteiger partial charge in [0, 0.05) is 0 Å². The molecule has 0 fully saturated rings. The minimum Gasteiger partial charge on any atom is -0.480 e. The minimum atomic E-state index is -1.02. The quantitative estimate of drug-likeness (QED) is 0.889. The third-order valence-electron chi connectivity index (χ3n) is 3.45. The molecule has 0 spiro atoms. The molecular weight excluding hydrogens is 254 g/mol. The van der Waals surface area contributed by atoms with Crippen LogP contribution in [-0.4, -0.2) is 23.0 Å². The van der Waals surface area contributed by atoms with E-state index in [1.807, 2.05) is 30.3 Å². The first-order chi connectivity index (χ1) is 9.06. The van der Waals surface area contributed by atoms with E-state index in [0.29, 0.717) is 0 Å². The summed E-state index contributed by atoms with van der Waals surface area (Å²) in [6.07, 6.45) is 0. The maximum absolute atomic E-state index is 12.5. The number of hydrogen-bond acceptors (Lipinski definition) is 2. The molecule has 0 saturated carbocycles. The Morgan fingerprint density at radius 3 is 1.95 bits per heavy atom. The lowest BCUT2D eigenvalue weighted by Gasteiger charge is -2.32. The Morgan fingerprint density at radius 2 is 1.55 bits per heavy atom. The maximum Gasteiger partial charge on any atom is 0.326 e. The van der Waals surface area contributed by atoms with Gasteiger partial charge in [-0.3, -0.25) is 4.79 Å². The summed E-state index contributed by atoms with van der Waals surface area (Å²) in [5, 5.41) is 11.9. The molecule has 20 heavy (non-hydrogen) atoms. The molecule has 4 heteroatoms.